The van der Waals surface area contributed by atoms with Crippen LogP contribution in [-0.2, 0) is 22.6 Å². The molecule has 0 aliphatic carbocycles. The number of amides is 2. The second kappa shape index (κ2) is 12.7. The minimum Gasteiger partial charge on any atom is -0.489 e. The molecule has 0 saturated carbocycles. The molecule has 2 amide bonds. The first-order valence-electron chi connectivity index (χ1n) is 13.2. The maximum absolute atomic E-state index is 13.7. The van der Waals surface area contributed by atoms with Gasteiger partial charge in [-0.25, -0.2) is 0 Å². The summed E-state index contributed by atoms with van der Waals surface area (Å²) in [5.41, 5.74) is 2.67. The topological polar surface area (TPSA) is 62.3 Å². The molecule has 4 rings (SSSR count). The minimum absolute atomic E-state index is 0.00747. The lowest BCUT2D eigenvalue weighted by atomic mass is 10.1. The SMILES string of the molecule is CC(C)CC(=O)N1CCCN(C)CCN(C(=O)Cc2cc(Cl)c3c(c2)OCCCO3)Cc2ccccc21. The first kappa shape index (κ1) is 27.3. The highest BCUT2D eigenvalue weighted by Gasteiger charge is 2.24. The number of ether oxygens (including phenoxy) is 2. The van der Waals surface area contributed by atoms with Crippen molar-refractivity contribution >= 4 is 29.1 Å². The summed E-state index contributed by atoms with van der Waals surface area (Å²) in [6, 6.07) is 11.6. The smallest absolute Gasteiger partial charge is 0.227 e. The van der Waals surface area contributed by atoms with Gasteiger partial charge >= 0.3 is 0 Å². The Labute approximate surface area is 225 Å². The van der Waals surface area contributed by atoms with E-state index in [2.05, 4.69) is 25.8 Å². The van der Waals surface area contributed by atoms with Crippen molar-refractivity contribution in [1.29, 1.82) is 0 Å². The fourth-order valence-corrected chi connectivity index (χ4v) is 5.11. The molecular formula is C29H38ClN3O4. The maximum Gasteiger partial charge on any atom is 0.227 e. The van der Waals surface area contributed by atoms with E-state index in [9.17, 15) is 9.59 Å². The van der Waals surface area contributed by atoms with Crippen LogP contribution in [0.15, 0.2) is 36.4 Å². The Morgan fingerprint density at radius 3 is 2.57 bits per heavy atom. The lowest BCUT2D eigenvalue weighted by Crippen LogP contribution is -2.38. The van der Waals surface area contributed by atoms with E-state index >= 15 is 0 Å². The number of carbonyl (C=O) groups excluding carboxylic acids is 2. The molecule has 7 nitrogen and oxygen atoms in total. The normalized spacial score (nSPS) is 17.1. The third kappa shape index (κ3) is 7.17. The van der Waals surface area contributed by atoms with Crippen molar-refractivity contribution in [3.8, 4) is 11.5 Å². The third-order valence-corrected chi connectivity index (χ3v) is 7.05. The number of fused-ring (bicyclic) bond motifs is 2. The first-order valence-corrected chi connectivity index (χ1v) is 13.6. The van der Waals surface area contributed by atoms with Gasteiger partial charge in [-0.1, -0.05) is 43.6 Å². The largest absolute Gasteiger partial charge is 0.489 e. The number of likely N-dealkylation sites (N-methyl/N-ethyl adjacent to an activating group) is 1. The van der Waals surface area contributed by atoms with E-state index in [1.807, 2.05) is 40.1 Å². The van der Waals surface area contributed by atoms with Crippen LogP contribution < -0.4 is 14.4 Å². The van der Waals surface area contributed by atoms with E-state index in [1.165, 1.54) is 0 Å². The van der Waals surface area contributed by atoms with Crippen molar-refractivity contribution in [2.45, 2.75) is 46.1 Å². The van der Waals surface area contributed by atoms with Gasteiger partial charge in [0.2, 0.25) is 11.8 Å². The summed E-state index contributed by atoms with van der Waals surface area (Å²) in [5, 5.41) is 0.462. The summed E-state index contributed by atoms with van der Waals surface area (Å²) in [6.07, 6.45) is 2.37. The molecule has 200 valence electrons. The van der Waals surface area contributed by atoms with Gasteiger partial charge in [-0.2, -0.15) is 0 Å². The Hall–Kier alpha value is -2.77. The Kier molecular flexibility index (Phi) is 9.33. The van der Waals surface area contributed by atoms with Gasteiger partial charge in [-0.05, 0) is 55.3 Å². The zero-order valence-corrected chi connectivity index (χ0v) is 22.9. The Balaban J connectivity index is 1.60. The number of carbonyl (C=O) groups is 2. The van der Waals surface area contributed by atoms with Crippen molar-refractivity contribution in [1.82, 2.24) is 9.80 Å². The Morgan fingerprint density at radius 2 is 1.76 bits per heavy atom. The number of rotatable bonds is 4. The van der Waals surface area contributed by atoms with E-state index in [-0.39, 0.29) is 24.2 Å². The molecule has 2 aliphatic heterocycles. The van der Waals surface area contributed by atoms with Gasteiger partial charge in [-0.3, -0.25) is 9.59 Å². The molecule has 0 bridgehead atoms. The van der Waals surface area contributed by atoms with Crippen molar-refractivity contribution in [2.75, 3.05) is 51.3 Å². The predicted octanol–water partition coefficient (Wildman–Crippen LogP) is 4.79. The van der Waals surface area contributed by atoms with E-state index in [4.69, 9.17) is 21.1 Å². The van der Waals surface area contributed by atoms with Gasteiger partial charge in [-0.15, -0.1) is 0 Å². The number of anilines is 1. The molecular weight excluding hydrogens is 490 g/mol. The molecule has 0 saturated heterocycles. The van der Waals surface area contributed by atoms with E-state index < -0.39 is 0 Å². The molecule has 8 heteroatoms. The molecule has 2 heterocycles. The van der Waals surface area contributed by atoms with Gasteiger partial charge in [0.25, 0.3) is 0 Å². The highest BCUT2D eigenvalue weighted by molar-refractivity contribution is 6.32. The minimum atomic E-state index is 0.00747. The molecule has 2 aliphatic rings. The van der Waals surface area contributed by atoms with E-state index in [1.54, 1.807) is 6.07 Å². The van der Waals surface area contributed by atoms with Crippen molar-refractivity contribution in [3.05, 3.63) is 52.5 Å². The monoisotopic (exact) mass is 527 g/mol. The molecule has 0 radical (unpaired) electrons. The van der Waals surface area contributed by atoms with Crippen molar-refractivity contribution in [3.63, 3.8) is 0 Å². The van der Waals surface area contributed by atoms with Gasteiger partial charge in [0, 0.05) is 44.7 Å². The molecule has 0 atom stereocenters. The van der Waals surface area contributed by atoms with E-state index in [0.29, 0.717) is 55.8 Å². The Morgan fingerprint density at radius 1 is 0.973 bits per heavy atom. The number of nitrogens with zero attached hydrogens (tertiary/aromatic N) is 3. The molecule has 2 aromatic rings. The lowest BCUT2D eigenvalue weighted by molar-refractivity contribution is -0.131. The maximum atomic E-state index is 13.7. The summed E-state index contributed by atoms with van der Waals surface area (Å²) in [6.45, 7) is 8.56. The number of benzene rings is 2. The quantitative estimate of drug-likeness (QED) is 0.572. The van der Waals surface area contributed by atoms with Crippen molar-refractivity contribution < 1.29 is 19.1 Å². The van der Waals surface area contributed by atoms with Gasteiger partial charge in [0.15, 0.2) is 11.5 Å². The zero-order chi connectivity index (χ0) is 26.4. The number of hydrogen-bond acceptors (Lipinski definition) is 5. The predicted molar refractivity (Wildman–Crippen MR) is 147 cm³/mol. The number of para-hydroxylation sites is 1. The van der Waals surface area contributed by atoms with Gasteiger partial charge < -0.3 is 24.2 Å². The zero-order valence-electron chi connectivity index (χ0n) is 22.2. The fraction of sp³-hybridized carbons (Fsp3) is 0.517. The first-order chi connectivity index (χ1) is 17.8. The highest BCUT2D eigenvalue weighted by atomic mass is 35.5. The second-order valence-electron chi connectivity index (χ2n) is 10.4. The van der Waals surface area contributed by atoms with Crippen LogP contribution in [0.4, 0.5) is 5.69 Å². The van der Waals surface area contributed by atoms with Crippen LogP contribution in [0.5, 0.6) is 11.5 Å². The standard InChI is InChI=1S/C29H38ClN3O4/c1-21(2)16-28(35)33-11-6-10-31(3)12-13-32(20-23-8-4-5-9-25(23)33)27(34)19-22-17-24(30)29-26(18-22)36-14-7-15-37-29/h4-5,8-9,17-18,21H,6-7,10-16,19-20H2,1-3H3. The average molecular weight is 528 g/mol. The Bertz CT molecular complexity index is 1110. The molecule has 0 unspecified atom stereocenters. The summed E-state index contributed by atoms with van der Waals surface area (Å²) in [4.78, 5) is 32.9. The van der Waals surface area contributed by atoms with Crippen LogP contribution in [0, 0.1) is 5.92 Å². The summed E-state index contributed by atoms with van der Waals surface area (Å²) in [5.74, 6) is 1.56. The van der Waals surface area contributed by atoms with Crippen LogP contribution >= 0.6 is 11.6 Å². The average Bonchev–Trinajstić information content (AvgIpc) is 3.11. The summed E-state index contributed by atoms with van der Waals surface area (Å²) >= 11 is 6.49. The fourth-order valence-electron chi connectivity index (χ4n) is 4.82. The third-order valence-electron chi connectivity index (χ3n) is 6.77. The summed E-state index contributed by atoms with van der Waals surface area (Å²) in [7, 11) is 2.07. The molecule has 2 aromatic carbocycles. The van der Waals surface area contributed by atoms with Gasteiger partial charge in [0.05, 0.1) is 24.7 Å². The summed E-state index contributed by atoms with van der Waals surface area (Å²) < 4.78 is 11.6. The van der Waals surface area contributed by atoms with Crippen LogP contribution in [0.3, 0.4) is 0 Å². The molecule has 0 fully saturated rings. The second-order valence-corrected chi connectivity index (χ2v) is 10.8. The number of halogens is 1. The molecule has 0 spiro atoms. The molecule has 37 heavy (non-hydrogen) atoms. The van der Waals surface area contributed by atoms with Crippen molar-refractivity contribution in [2.24, 2.45) is 5.92 Å². The van der Waals surface area contributed by atoms with Crippen LogP contribution in [0.2, 0.25) is 5.02 Å². The van der Waals surface area contributed by atoms with Crippen LogP contribution in [-0.4, -0.2) is 68.1 Å². The molecule has 0 aromatic heterocycles. The van der Waals surface area contributed by atoms with Gasteiger partial charge in [0.1, 0.15) is 0 Å². The number of hydrogen-bond donors (Lipinski definition) is 0. The van der Waals surface area contributed by atoms with Crippen LogP contribution in [0.25, 0.3) is 0 Å². The highest BCUT2D eigenvalue weighted by Crippen LogP contribution is 2.38. The van der Waals surface area contributed by atoms with Crippen LogP contribution in [0.1, 0.15) is 44.2 Å². The molecule has 0 N–H and O–H groups in total. The van der Waals surface area contributed by atoms with E-state index in [0.717, 1.165) is 42.7 Å². The lowest BCUT2D eigenvalue weighted by Gasteiger charge is -2.28.